The Morgan fingerprint density at radius 1 is 1.04 bits per heavy atom. The molecule has 5 unspecified atom stereocenters. The smallest absolute Gasteiger partial charge is 0.129 e. The fourth-order valence-electron chi connectivity index (χ4n) is 7.34. The molecule has 0 aromatic rings. The van der Waals surface area contributed by atoms with Crippen LogP contribution in [0.5, 0.6) is 0 Å². The van der Waals surface area contributed by atoms with Crippen LogP contribution in [0.4, 0.5) is 0 Å². The van der Waals surface area contributed by atoms with Gasteiger partial charge in [-0.3, -0.25) is 0 Å². The molecule has 4 rings (SSSR count). The van der Waals surface area contributed by atoms with Gasteiger partial charge in [0.25, 0.3) is 0 Å². The number of aliphatic hydroxyl groups is 2. The molecule has 0 bridgehead atoms. The van der Waals surface area contributed by atoms with Crippen LogP contribution in [-0.2, 0) is 4.79 Å². The summed E-state index contributed by atoms with van der Waals surface area (Å²) in [5.41, 5.74) is -0.482. The zero-order chi connectivity index (χ0) is 16.8. The van der Waals surface area contributed by atoms with Gasteiger partial charge >= 0.3 is 0 Å². The van der Waals surface area contributed by atoms with Crippen LogP contribution in [0.15, 0.2) is 0 Å². The van der Waals surface area contributed by atoms with Crippen molar-refractivity contribution in [3.8, 4) is 0 Å². The molecule has 4 aliphatic carbocycles. The number of fused-ring (bicyclic) bond motifs is 5. The van der Waals surface area contributed by atoms with Gasteiger partial charge < -0.3 is 15.0 Å². The summed E-state index contributed by atoms with van der Waals surface area (Å²) < 4.78 is 0. The topological polar surface area (TPSA) is 57.5 Å². The van der Waals surface area contributed by atoms with Gasteiger partial charge in [0, 0.05) is 0 Å². The molecule has 0 saturated heterocycles. The van der Waals surface area contributed by atoms with Gasteiger partial charge in [0.1, 0.15) is 6.29 Å². The van der Waals surface area contributed by atoms with Gasteiger partial charge in [-0.2, -0.15) is 0 Å². The standard InChI is InChI=1S/C20H32O3/c1-11(2)12-5-6-19(4)14(22)8-18(3)9-15(23)20(10-21)7-13(20)17(18)16(12)19/h10-17,22-23H,5-9H2,1-4H3/t12?,13?,14-,15+,16?,17+,18?,19+,20?/m0/s1. The number of carbonyl (C=O) groups excluding carboxylic acids is 1. The Bertz CT molecular complexity index is 531. The molecule has 3 heteroatoms. The molecule has 4 aliphatic rings. The summed E-state index contributed by atoms with van der Waals surface area (Å²) in [5, 5.41) is 21.6. The summed E-state index contributed by atoms with van der Waals surface area (Å²) in [6, 6.07) is 0. The molecule has 0 radical (unpaired) electrons. The van der Waals surface area contributed by atoms with Gasteiger partial charge in [-0.05, 0) is 72.5 Å². The van der Waals surface area contributed by atoms with Gasteiger partial charge in [0.2, 0.25) is 0 Å². The van der Waals surface area contributed by atoms with E-state index >= 15 is 0 Å². The zero-order valence-corrected chi connectivity index (χ0v) is 15.0. The fourth-order valence-corrected chi connectivity index (χ4v) is 7.34. The average Bonchev–Trinajstić information content (AvgIpc) is 3.09. The average molecular weight is 320 g/mol. The van der Waals surface area contributed by atoms with Crippen LogP contribution in [0.2, 0.25) is 0 Å². The summed E-state index contributed by atoms with van der Waals surface area (Å²) in [6.45, 7) is 9.19. The van der Waals surface area contributed by atoms with E-state index in [9.17, 15) is 15.0 Å². The highest BCUT2D eigenvalue weighted by molar-refractivity contribution is 5.67. The summed E-state index contributed by atoms with van der Waals surface area (Å²) in [7, 11) is 0. The molecule has 0 aromatic heterocycles. The molecule has 0 heterocycles. The van der Waals surface area contributed by atoms with Crippen molar-refractivity contribution < 1.29 is 15.0 Å². The van der Waals surface area contributed by atoms with Crippen LogP contribution in [-0.4, -0.2) is 28.7 Å². The van der Waals surface area contributed by atoms with E-state index in [0.717, 1.165) is 25.5 Å². The maximum absolute atomic E-state index is 11.8. The van der Waals surface area contributed by atoms with Crippen molar-refractivity contribution in [2.24, 2.45) is 45.8 Å². The largest absolute Gasteiger partial charge is 0.393 e. The molecular weight excluding hydrogens is 288 g/mol. The molecular formula is C20H32O3. The van der Waals surface area contributed by atoms with Crippen molar-refractivity contribution in [3.63, 3.8) is 0 Å². The first-order valence-corrected chi connectivity index (χ1v) is 9.52. The Kier molecular flexibility index (Phi) is 3.22. The molecule has 9 atom stereocenters. The van der Waals surface area contributed by atoms with Gasteiger partial charge in [-0.25, -0.2) is 0 Å². The Balaban J connectivity index is 1.79. The van der Waals surface area contributed by atoms with E-state index < -0.39 is 11.5 Å². The number of rotatable bonds is 2. The molecule has 0 amide bonds. The highest BCUT2D eigenvalue weighted by Crippen LogP contribution is 2.75. The SMILES string of the molecule is CC(C)C1CC[C@@]2(C)C1[C@H]1C3CC3(C=O)[C@H](O)CC1(C)C[C@@H]2O. The van der Waals surface area contributed by atoms with Gasteiger partial charge in [0.05, 0.1) is 17.6 Å². The molecule has 0 spiro atoms. The Morgan fingerprint density at radius 2 is 1.70 bits per heavy atom. The lowest BCUT2D eigenvalue weighted by molar-refractivity contribution is -0.172. The molecule has 0 aromatic carbocycles. The van der Waals surface area contributed by atoms with Crippen LogP contribution >= 0.6 is 0 Å². The van der Waals surface area contributed by atoms with E-state index in [0.29, 0.717) is 36.0 Å². The predicted octanol–water partition coefficient (Wildman–Crippen LogP) is 3.03. The summed E-state index contributed by atoms with van der Waals surface area (Å²) >= 11 is 0. The van der Waals surface area contributed by atoms with Crippen LogP contribution in [0.25, 0.3) is 0 Å². The Hall–Kier alpha value is -0.410. The Morgan fingerprint density at radius 3 is 2.30 bits per heavy atom. The number of hydrogen-bond acceptors (Lipinski definition) is 3. The third kappa shape index (κ3) is 1.81. The number of hydrogen-bond donors (Lipinski definition) is 2. The maximum Gasteiger partial charge on any atom is 0.129 e. The lowest BCUT2D eigenvalue weighted by atomic mass is 9.46. The van der Waals surface area contributed by atoms with E-state index in [1.54, 1.807) is 0 Å². The molecule has 0 aliphatic heterocycles. The van der Waals surface area contributed by atoms with E-state index in [2.05, 4.69) is 27.7 Å². The Labute approximate surface area is 139 Å². The lowest BCUT2D eigenvalue weighted by Gasteiger charge is -2.59. The lowest BCUT2D eigenvalue weighted by Crippen LogP contribution is -2.58. The van der Waals surface area contributed by atoms with Gasteiger partial charge in [-0.1, -0.05) is 27.7 Å². The van der Waals surface area contributed by atoms with E-state index in [1.165, 1.54) is 6.42 Å². The highest BCUT2D eigenvalue weighted by Gasteiger charge is 2.74. The monoisotopic (exact) mass is 320 g/mol. The molecule has 130 valence electrons. The minimum absolute atomic E-state index is 0.00137. The first-order valence-electron chi connectivity index (χ1n) is 9.52. The van der Waals surface area contributed by atoms with E-state index in [-0.39, 0.29) is 16.9 Å². The normalized spacial score (nSPS) is 60.8. The minimum Gasteiger partial charge on any atom is -0.393 e. The minimum atomic E-state index is -0.512. The molecule has 4 saturated carbocycles. The van der Waals surface area contributed by atoms with Gasteiger partial charge in [0.15, 0.2) is 0 Å². The number of carbonyl (C=O) groups is 1. The number of aliphatic hydroxyl groups excluding tert-OH is 2. The first kappa shape index (κ1) is 16.1. The van der Waals surface area contributed by atoms with Crippen molar-refractivity contribution in [1.29, 1.82) is 0 Å². The summed E-state index contributed by atoms with van der Waals surface area (Å²) in [5.74, 6) is 2.58. The zero-order valence-electron chi connectivity index (χ0n) is 15.0. The summed E-state index contributed by atoms with van der Waals surface area (Å²) in [6.07, 6.45) is 4.92. The second-order valence-corrected chi connectivity index (χ2v) is 10.1. The van der Waals surface area contributed by atoms with Crippen LogP contribution in [0, 0.1) is 45.8 Å². The highest BCUT2D eigenvalue weighted by atomic mass is 16.3. The molecule has 3 nitrogen and oxygen atoms in total. The van der Waals surface area contributed by atoms with Crippen LogP contribution in [0.1, 0.15) is 59.8 Å². The molecule has 4 fully saturated rings. The first-order chi connectivity index (χ1) is 10.7. The third-order valence-electron chi connectivity index (χ3n) is 8.74. The number of aldehydes is 1. The van der Waals surface area contributed by atoms with E-state index in [4.69, 9.17) is 0 Å². The van der Waals surface area contributed by atoms with Crippen molar-refractivity contribution in [1.82, 2.24) is 0 Å². The molecule has 2 N–H and O–H groups in total. The second kappa shape index (κ2) is 4.60. The van der Waals surface area contributed by atoms with E-state index in [1.807, 2.05) is 0 Å². The van der Waals surface area contributed by atoms with Crippen molar-refractivity contribution >= 4 is 6.29 Å². The van der Waals surface area contributed by atoms with Crippen molar-refractivity contribution in [3.05, 3.63) is 0 Å². The second-order valence-electron chi connectivity index (χ2n) is 10.1. The van der Waals surface area contributed by atoms with Crippen molar-refractivity contribution in [2.75, 3.05) is 0 Å². The van der Waals surface area contributed by atoms with Crippen LogP contribution < -0.4 is 0 Å². The van der Waals surface area contributed by atoms with Gasteiger partial charge in [-0.15, -0.1) is 0 Å². The third-order valence-corrected chi connectivity index (χ3v) is 8.74. The maximum atomic E-state index is 11.8. The summed E-state index contributed by atoms with van der Waals surface area (Å²) in [4.78, 5) is 11.8. The molecule has 23 heavy (non-hydrogen) atoms. The van der Waals surface area contributed by atoms with Crippen molar-refractivity contribution in [2.45, 2.75) is 72.0 Å². The predicted molar refractivity (Wildman–Crippen MR) is 88.6 cm³/mol. The fraction of sp³-hybridized carbons (Fsp3) is 0.950. The van der Waals surface area contributed by atoms with Crippen LogP contribution in [0.3, 0.4) is 0 Å². The quantitative estimate of drug-likeness (QED) is 0.769.